The number of rotatable bonds is 3. The second kappa shape index (κ2) is 6.83. The highest BCUT2D eigenvalue weighted by Crippen LogP contribution is 2.06. The molecule has 0 aliphatic carbocycles. The van der Waals surface area contributed by atoms with Crippen LogP contribution in [-0.4, -0.2) is 19.1 Å². The molecule has 0 unspecified atom stereocenters. The van der Waals surface area contributed by atoms with Gasteiger partial charge in [-0.3, -0.25) is 4.79 Å². The number of hydrogen-bond donors (Lipinski definition) is 1. The molecule has 1 rings (SSSR count). The van der Waals surface area contributed by atoms with E-state index < -0.39 is 12.0 Å². The summed E-state index contributed by atoms with van der Waals surface area (Å²) in [6.45, 7) is 0. The molecule has 16 heavy (non-hydrogen) atoms. The quantitative estimate of drug-likeness (QED) is 0.801. The van der Waals surface area contributed by atoms with E-state index in [4.69, 9.17) is 11.0 Å². The molecule has 0 heterocycles. The number of esters is 1. The summed E-state index contributed by atoms with van der Waals surface area (Å²) < 4.78 is 4.51. The summed E-state index contributed by atoms with van der Waals surface area (Å²) in [6.07, 6.45) is 0.415. The molecule has 4 nitrogen and oxygen atoms in total. The number of nitriles is 1. The lowest BCUT2D eigenvalue weighted by atomic mass is 10.1. The van der Waals surface area contributed by atoms with Gasteiger partial charge in [0.05, 0.1) is 18.7 Å². The lowest BCUT2D eigenvalue weighted by Crippen LogP contribution is -2.33. The van der Waals surface area contributed by atoms with Gasteiger partial charge in [-0.25, -0.2) is 0 Å². The predicted molar refractivity (Wildman–Crippen MR) is 62.1 cm³/mol. The Hall–Kier alpha value is -1.57. The van der Waals surface area contributed by atoms with Crippen LogP contribution in [-0.2, 0) is 16.0 Å². The van der Waals surface area contributed by atoms with Crippen LogP contribution in [0.2, 0.25) is 0 Å². The van der Waals surface area contributed by atoms with Crippen molar-refractivity contribution in [2.24, 2.45) is 5.73 Å². The van der Waals surface area contributed by atoms with Crippen LogP contribution in [0.3, 0.4) is 0 Å². The van der Waals surface area contributed by atoms with Crippen LogP contribution in [0.15, 0.2) is 24.3 Å². The van der Waals surface area contributed by atoms with Gasteiger partial charge in [0.25, 0.3) is 0 Å². The first kappa shape index (κ1) is 14.4. The van der Waals surface area contributed by atoms with E-state index in [0.29, 0.717) is 12.0 Å². The largest absolute Gasteiger partial charge is 0.468 e. The smallest absolute Gasteiger partial charge is 0.322 e. The Kier molecular flexibility index (Phi) is 6.16. The lowest BCUT2D eigenvalue weighted by Gasteiger charge is -2.08. The van der Waals surface area contributed by atoms with Gasteiger partial charge < -0.3 is 10.5 Å². The normalized spacial score (nSPS) is 10.8. The Morgan fingerprint density at radius 3 is 2.50 bits per heavy atom. The minimum Gasteiger partial charge on any atom is -0.468 e. The molecular weight excluding hydrogens is 228 g/mol. The highest BCUT2D eigenvalue weighted by molar-refractivity contribution is 5.85. The van der Waals surface area contributed by atoms with E-state index in [1.807, 2.05) is 6.07 Å². The Morgan fingerprint density at radius 1 is 1.50 bits per heavy atom. The Morgan fingerprint density at radius 2 is 2.06 bits per heavy atom. The van der Waals surface area contributed by atoms with Crippen LogP contribution >= 0.6 is 12.4 Å². The van der Waals surface area contributed by atoms with E-state index in [1.165, 1.54) is 7.11 Å². The third-order valence-electron chi connectivity index (χ3n) is 2.04. The van der Waals surface area contributed by atoms with Crippen molar-refractivity contribution < 1.29 is 9.53 Å². The summed E-state index contributed by atoms with van der Waals surface area (Å²) >= 11 is 0. The molecular formula is C11H13ClN2O2. The molecule has 0 fully saturated rings. The van der Waals surface area contributed by atoms with E-state index in [1.54, 1.807) is 24.3 Å². The third kappa shape index (κ3) is 3.89. The zero-order chi connectivity index (χ0) is 11.3. The SMILES string of the molecule is COC(=O)[C@@H](N)Cc1ccc(C#N)cc1.Cl. The minimum atomic E-state index is -0.650. The maximum atomic E-state index is 11.0. The number of methoxy groups -OCH3 is 1. The fourth-order valence-electron chi connectivity index (χ4n) is 1.20. The Bertz CT molecular complexity index is 384. The number of hydrogen-bond acceptors (Lipinski definition) is 4. The van der Waals surface area contributed by atoms with Gasteiger partial charge in [0.15, 0.2) is 0 Å². The molecule has 2 N–H and O–H groups in total. The number of ether oxygens (including phenoxy) is 1. The summed E-state index contributed by atoms with van der Waals surface area (Å²) in [6, 6.07) is 8.31. The summed E-state index contributed by atoms with van der Waals surface area (Å²) in [5, 5.41) is 8.59. The van der Waals surface area contributed by atoms with Gasteiger partial charge in [-0.15, -0.1) is 12.4 Å². The van der Waals surface area contributed by atoms with Crippen LogP contribution in [0.25, 0.3) is 0 Å². The van der Waals surface area contributed by atoms with Gasteiger partial charge >= 0.3 is 5.97 Å². The standard InChI is InChI=1S/C11H12N2O2.ClH/c1-15-11(14)10(13)6-8-2-4-9(7-12)5-3-8;/h2-5,10H,6,13H2,1H3;1H/t10-;/m0./s1. The lowest BCUT2D eigenvalue weighted by molar-refractivity contribution is -0.142. The van der Waals surface area contributed by atoms with Crippen molar-refractivity contribution in [1.29, 1.82) is 5.26 Å². The van der Waals surface area contributed by atoms with Crippen LogP contribution in [0.1, 0.15) is 11.1 Å². The highest BCUT2D eigenvalue weighted by Gasteiger charge is 2.13. The topological polar surface area (TPSA) is 76.1 Å². The average molecular weight is 241 g/mol. The average Bonchev–Trinajstić information content (AvgIpc) is 2.29. The van der Waals surface area contributed by atoms with Gasteiger partial charge in [0, 0.05) is 0 Å². The maximum Gasteiger partial charge on any atom is 0.322 e. The van der Waals surface area contributed by atoms with Gasteiger partial charge in [0.1, 0.15) is 6.04 Å². The molecule has 0 spiro atoms. The number of carbonyl (C=O) groups excluding carboxylic acids is 1. The van der Waals surface area contributed by atoms with E-state index in [2.05, 4.69) is 4.74 Å². The van der Waals surface area contributed by atoms with Crippen molar-refractivity contribution in [2.45, 2.75) is 12.5 Å². The van der Waals surface area contributed by atoms with Crippen LogP contribution in [0.4, 0.5) is 0 Å². The van der Waals surface area contributed by atoms with Gasteiger partial charge in [-0.1, -0.05) is 12.1 Å². The second-order valence-electron chi connectivity index (χ2n) is 3.14. The molecule has 0 saturated carbocycles. The number of nitrogens with two attached hydrogens (primary N) is 1. The van der Waals surface area contributed by atoms with Crippen molar-refractivity contribution in [1.82, 2.24) is 0 Å². The number of benzene rings is 1. The number of carbonyl (C=O) groups is 1. The van der Waals surface area contributed by atoms with Gasteiger partial charge in [-0.05, 0) is 24.1 Å². The summed E-state index contributed by atoms with van der Waals surface area (Å²) in [5.74, 6) is -0.431. The summed E-state index contributed by atoms with van der Waals surface area (Å²) in [4.78, 5) is 11.0. The first-order chi connectivity index (χ1) is 7.17. The van der Waals surface area contributed by atoms with Gasteiger partial charge in [0.2, 0.25) is 0 Å². The third-order valence-corrected chi connectivity index (χ3v) is 2.04. The van der Waals surface area contributed by atoms with Crippen molar-refractivity contribution in [3.05, 3.63) is 35.4 Å². The van der Waals surface area contributed by atoms with Crippen molar-refractivity contribution >= 4 is 18.4 Å². The summed E-state index contributed by atoms with van der Waals surface area (Å²) in [5.41, 5.74) is 7.09. The van der Waals surface area contributed by atoms with Crippen molar-refractivity contribution in [2.75, 3.05) is 7.11 Å². The number of halogens is 1. The predicted octanol–water partition coefficient (Wildman–Crippen LogP) is 1.02. The zero-order valence-electron chi connectivity index (χ0n) is 8.84. The fourth-order valence-corrected chi connectivity index (χ4v) is 1.20. The maximum absolute atomic E-state index is 11.0. The zero-order valence-corrected chi connectivity index (χ0v) is 9.66. The second-order valence-corrected chi connectivity index (χ2v) is 3.14. The minimum absolute atomic E-state index is 0. The monoisotopic (exact) mass is 240 g/mol. The Balaban J connectivity index is 0.00000225. The molecule has 0 amide bonds. The fraction of sp³-hybridized carbons (Fsp3) is 0.273. The first-order valence-corrected chi connectivity index (χ1v) is 4.50. The molecule has 0 saturated heterocycles. The van der Waals surface area contributed by atoms with Crippen molar-refractivity contribution in [3.63, 3.8) is 0 Å². The molecule has 1 aromatic carbocycles. The first-order valence-electron chi connectivity index (χ1n) is 4.50. The van der Waals surface area contributed by atoms with E-state index in [-0.39, 0.29) is 12.4 Å². The molecule has 86 valence electrons. The molecule has 5 heteroatoms. The van der Waals surface area contributed by atoms with Crippen LogP contribution < -0.4 is 5.73 Å². The molecule has 1 atom stereocenters. The molecule has 0 bridgehead atoms. The Labute approximate surface area is 100 Å². The van der Waals surface area contributed by atoms with Gasteiger partial charge in [-0.2, -0.15) is 5.26 Å². The van der Waals surface area contributed by atoms with Crippen LogP contribution in [0, 0.1) is 11.3 Å². The highest BCUT2D eigenvalue weighted by atomic mass is 35.5. The van der Waals surface area contributed by atoms with E-state index >= 15 is 0 Å². The molecule has 0 aromatic heterocycles. The molecule has 1 aromatic rings. The molecule has 0 aliphatic heterocycles. The van der Waals surface area contributed by atoms with E-state index in [9.17, 15) is 4.79 Å². The number of nitrogens with zero attached hydrogens (tertiary/aromatic N) is 1. The molecule has 0 radical (unpaired) electrons. The van der Waals surface area contributed by atoms with E-state index in [0.717, 1.165) is 5.56 Å². The van der Waals surface area contributed by atoms with Crippen LogP contribution in [0.5, 0.6) is 0 Å². The van der Waals surface area contributed by atoms with Crippen molar-refractivity contribution in [3.8, 4) is 6.07 Å². The summed E-state index contributed by atoms with van der Waals surface area (Å²) in [7, 11) is 1.31. The molecule has 0 aliphatic rings.